The lowest BCUT2D eigenvalue weighted by Crippen LogP contribution is -2.57. The zero-order valence-corrected chi connectivity index (χ0v) is 85.2. The van der Waals surface area contributed by atoms with E-state index in [2.05, 4.69) is 477 Å². The summed E-state index contributed by atoms with van der Waals surface area (Å²) >= 11 is 0. The number of carbonyl (C=O) groups is 3. The Kier molecular flexibility index (Phi) is 58.3. The molecule has 2 spiro atoms. The van der Waals surface area contributed by atoms with Crippen molar-refractivity contribution in [1.82, 2.24) is 28.0 Å². The molecular formula is C130H78N6O11S3. The van der Waals surface area contributed by atoms with E-state index >= 15 is 0 Å². The number of piperidine rings is 2. The largest absolute Gasteiger partial charge is 0.358 e. The second-order valence-corrected chi connectivity index (χ2v) is 35.0. The van der Waals surface area contributed by atoms with Crippen molar-refractivity contribution in [3.05, 3.63) is 89.5 Å². The molecule has 0 saturated carbocycles. The summed E-state index contributed by atoms with van der Waals surface area (Å²) in [6.45, 7) is 11.9. The third kappa shape index (κ3) is 49.4. The number of ketones is 3. The van der Waals surface area contributed by atoms with Gasteiger partial charge in [-0.3, -0.25) is 14.4 Å². The molecule has 4 heterocycles. The molecule has 0 aromatic heterocycles. The van der Waals surface area contributed by atoms with Crippen molar-refractivity contribution in [2.45, 2.75) is 137 Å². The van der Waals surface area contributed by atoms with Gasteiger partial charge in [0.15, 0.2) is 17.3 Å². The number of hydrogen-bond donors (Lipinski definition) is 1. The highest BCUT2D eigenvalue weighted by Gasteiger charge is 2.56. The van der Waals surface area contributed by atoms with Gasteiger partial charge in [-0.25, -0.2) is 25.3 Å². The molecule has 4 fully saturated rings. The van der Waals surface area contributed by atoms with Crippen molar-refractivity contribution in [2.75, 3.05) is 80.7 Å². The van der Waals surface area contributed by atoms with Crippen molar-refractivity contribution in [3.8, 4) is 462 Å². The SMILES string of the molecule is CC#CC#CC#CC#CC#CC#CC#CC#CC#CC#CC#CC#CC#CC#CC#CC#CC#CC#CC#CC#CC#CC#CC#CC#CC#CC#CC#CC#CC#CC#CC#CC#CC#CC#CC#CC#CC#CC#CC#CC.CC(=O)c1ccc(S(=O)(=O)N2C(CCCCN(C)C)COC23CCNCC3)cc1.CC(=O)c1ccc(S(=O)(=O)N2CCC3(CC2)OCC(CCCCN(C)C)N3S(=O)(=O)c2ccc(C(C)=O)cc2)cc1. The summed E-state index contributed by atoms with van der Waals surface area (Å²) in [5, 5.41) is 3.30. The summed E-state index contributed by atoms with van der Waals surface area (Å²) in [7, 11) is -3.52. The number of nitrogens with one attached hydrogen (secondary N) is 1. The predicted octanol–water partition coefficient (Wildman–Crippen LogP) is 6.64. The van der Waals surface area contributed by atoms with Crippen LogP contribution >= 0.6 is 0 Å². The van der Waals surface area contributed by atoms with Crippen LogP contribution in [-0.2, 0) is 39.5 Å². The van der Waals surface area contributed by atoms with Crippen molar-refractivity contribution >= 4 is 47.4 Å². The van der Waals surface area contributed by atoms with Gasteiger partial charge in [-0.1, -0.05) is 61.1 Å². The van der Waals surface area contributed by atoms with E-state index in [0.717, 1.165) is 58.3 Å². The molecule has 0 bridgehead atoms. The number of ether oxygens (including phenoxy) is 2. The Balaban J connectivity index is 0.000000459. The second kappa shape index (κ2) is 73.2. The van der Waals surface area contributed by atoms with Crippen LogP contribution in [0.2, 0.25) is 0 Å². The Morgan fingerprint density at radius 1 is 0.273 bits per heavy atom. The molecule has 2 unspecified atom stereocenters. The van der Waals surface area contributed by atoms with Gasteiger partial charge in [0.1, 0.15) is 11.4 Å². The summed E-state index contributed by atoms with van der Waals surface area (Å²) < 4.78 is 99.3. The first-order valence-corrected chi connectivity index (χ1v) is 48.8. The Hall–Kier alpha value is -21.0. The number of carbonyl (C=O) groups excluding carboxylic acids is 3. The summed E-state index contributed by atoms with van der Waals surface area (Å²) in [5.74, 6) is 195. The number of unbranched alkanes of at least 4 members (excludes halogenated alkanes) is 2. The van der Waals surface area contributed by atoms with Crippen molar-refractivity contribution in [3.63, 3.8) is 0 Å². The van der Waals surface area contributed by atoms with Crippen LogP contribution in [0.4, 0.5) is 0 Å². The third-order valence-electron chi connectivity index (χ3n) is 18.7. The highest BCUT2D eigenvalue weighted by molar-refractivity contribution is 7.89. The maximum absolute atomic E-state index is 14.1. The minimum atomic E-state index is -4.02. The van der Waals surface area contributed by atoms with Crippen molar-refractivity contribution in [2.24, 2.45) is 0 Å². The molecule has 4 aliphatic heterocycles. The molecule has 1 N–H and O–H groups in total. The van der Waals surface area contributed by atoms with E-state index in [1.165, 1.54) is 77.9 Å². The van der Waals surface area contributed by atoms with Crippen LogP contribution in [0.3, 0.4) is 0 Å². The van der Waals surface area contributed by atoms with E-state index in [1.807, 2.05) is 28.2 Å². The molecule has 20 heteroatoms. The molecule has 3 aromatic rings. The number of sulfonamides is 3. The second-order valence-electron chi connectivity index (χ2n) is 29.4. The molecule has 0 radical (unpaired) electrons. The average Bonchev–Trinajstić information content (AvgIpc) is 1.56. The summed E-state index contributed by atoms with van der Waals surface area (Å²) in [5.41, 5.74) is -0.579. The molecule has 4 aliphatic rings. The molecule has 4 saturated heterocycles. The van der Waals surface area contributed by atoms with E-state index in [4.69, 9.17) is 9.47 Å². The molecule has 3 aromatic carbocycles. The summed E-state index contributed by atoms with van der Waals surface area (Å²) in [6.07, 6.45) is 6.75. The van der Waals surface area contributed by atoms with Gasteiger partial charge >= 0.3 is 0 Å². The molecule has 2 atom stereocenters. The zero-order valence-electron chi connectivity index (χ0n) is 82.8. The van der Waals surface area contributed by atoms with Crippen molar-refractivity contribution < 1.29 is 49.1 Å². The Morgan fingerprint density at radius 2 is 0.447 bits per heavy atom. The normalized spacial score (nSPS) is 11.9. The average molecular weight is 2000 g/mol. The minimum absolute atomic E-state index is 0.0753. The predicted molar refractivity (Wildman–Crippen MR) is 582 cm³/mol. The fourth-order valence-electron chi connectivity index (χ4n) is 12.3. The van der Waals surface area contributed by atoms with E-state index in [-0.39, 0.29) is 70.6 Å². The van der Waals surface area contributed by atoms with Gasteiger partial charge in [-0.05, 0) is 246 Å². The fourth-order valence-corrected chi connectivity index (χ4v) is 17.6. The Bertz CT molecular complexity index is 8660. The van der Waals surface area contributed by atoms with E-state index in [1.54, 1.807) is 42.4 Å². The lowest BCUT2D eigenvalue weighted by molar-refractivity contribution is -0.0817. The van der Waals surface area contributed by atoms with Crippen LogP contribution in [-0.4, -0.2) is 170 Å². The maximum Gasteiger partial charge on any atom is 0.245 e. The summed E-state index contributed by atoms with van der Waals surface area (Å²) in [4.78, 5) is 39.5. The van der Waals surface area contributed by atoms with Gasteiger partial charge in [-0.15, -0.1) is 0 Å². The van der Waals surface area contributed by atoms with Crippen LogP contribution in [0.5, 0.6) is 0 Å². The van der Waals surface area contributed by atoms with Crippen LogP contribution in [0.25, 0.3) is 0 Å². The summed E-state index contributed by atoms with van der Waals surface area (Å²) in [6, 6.07) is 17.5. The van der Waals surface area contributed by atoms with Crippen molar-refractivity contribution in [1.29, 1.82) is 0 Å². The van der Waals surface area contributed by atoms with Crippen LogP contribution in [0.15, 0.2) is 87.5 Å². The van der Waals surface area contributed by atoms with E-state index < -0.39 is 47.6 Å². The topological polar surface area (TPSA) is 200 Å². The molecule has 712 valence electrons. The lowest BCUT2D eigenvalue weighted by Gasteiger charge is -2.43. The van der Waals surface area contributed by atoms with E-state index in [9.17, 15) is 39.6 Å². The first-order valence-electron chi connectivity index (χ1n) is 44.5. The highest BCUT2D eigenvalue weighted by atomic mass is 32.2. The number of Topliss-reactive ketones (excluding diaryl/α,β-unsaturated/α-hetero) is 3. The first kappa shape index (κ1) is 120. The minimum Gasteiger partial charge on any atom is -0.358 e. The van der Waals surface area contributed by atoms with Gasteiger partial charge in [0.25, 0.3) is 0 Å². The lowest BCUT2D eigenvalue weighted by atomic mass is 10.0. The quantitative estimate of drug-likeness (QED) is 0.0761. The van der Waals surface area contributed by atoms with Gasteiger partial charge in [0.2, 0.25) is 30.1 Å². The molecule has 0 aliphatic carbocycles. The van der Waals surface area contributed by atoms with Crippen LogP contribution < -0.4 is 5.32 Å². The third-order valence-corrected chi connectivity index (χ3v) is 24.6. The monoisotopic (exact) mass is 1990 g/mol. The van der Waals surface area contributed by atoms with Gasteiger partial charge in [0.05, 0.1) is 40.0 Å². The maximum atomic E-state index is 14.1. The zero-order chi connectivity index (χ0) is 108. The highest BCUT2D eigenvalue weighted by Crippen LogP contribution is 2.44. The molecule has 17 nitrogen and oxygen atoms in total. The van der Waals surface area contributed by atoms with Crippen LogP contribution in [0.1, 0.15) is 130 Å². The standard InChI is InChI=1S/C80H6.C29H39N3O7S2.C21H33N3O4S/c1-3-5-7-9-11-13-15-17-19-21-23-25-27-29-31-33-35-37-39-41-43-45-47-49-51-53-55-57-59-61-63-65-67-69-71-73-75-77-79-80-78-76-74-72-70-68-66-64-62-60-58-56-54-52-50-48-46-44-42-40-38-36-34-32-30-28-26-24-22-20-18-16-14-12-10-8-6-4-2;1-22(33)24-8-12-27(13-9-24)40(35,36)31-19-16-29(17-20-31)32(26(21-39-29)7-5-6-18-30(3)4)41(37,38)28-14-10-25(11-15-28)23(2)34;1-17(25)18-7-9-20(10-8-18)29(26,27)24-19(6-4-5-15-23(2)3)16-28-21(24)11-13-22-14-12-21/h1-2H3;8-15,26H,5-7,16-21H2,1-4H3;7-10,19,22H,4-6,11-16H2,1-3H3. The molecule has 150 heavy (non-hydrogen) atoms. The molecular weight excluding hydrogens is 1920 g/mol. The van der Waals surface area contributed by atoms with Gasteiger partial charge < -0.3 is 24.6 Å². The number of rotatable bonds is 19. The molecule has 0 amide bonds. The van der Waals surface area contributed by atoms with E-state index in [0.29, 0.717) is 42.6 Å². The van der Waals surface area contributed by atoms with Gasteiger partial charge in [0, 0.05) is 411 Å². The molecule has 7 rings (SSSR count). The smallest absolute Gasteiger partial charge is 0.245 e. The number of nitrogens with zero attached hydrogens (tertiary/aromatic N) is 5. The number of benzene rings is 3. The Labute approximate surface area is 887 Å². The van der Waals surface area contributed by atoms with Gasteiger partial charge in [-0.2, -0.15) is 12.9 Å². The fraction of sp³-hybridized carbons (Fsp3) is 0.238. The first-order chi connectivity index (χ1) is 73.0. The van der Waals surface area contributed by atoms with Crippen LogP contribution in [0, 0.1) is 462 Å². The number of hydrogen-bond acceptors (Lipinski definition) is 14. The Morgan fingerprint density at radius 3 is 0.620 bits per heavy atom.